The number of ether oxygens (including phenoxy) is 1. The number of aromatic nitrogens is 4. The van der Waals surface area contributed by atoms with Crippen molar-refractivity contribution >= 4 is 11.8 Å². The van der Waals surface area contributed by atoms with Gasteiger partial charge in [-0.3, -0.25) is 9.59 Å². The van der Waals surface area contributed by atoms with Gasteiger partial charge in [-0.1, -0.05) is 35.5 Å². The second-order valence-electron chi connectivity index (χ2n) is 7.31. The van der Waals surface area contributed by atoms with Crippen LogP contribution >= 0.6 is 0 Å². The molecule has 1 heterocycles. The number of rotatable bonds is 9. The van der Waals surface area contributed by atoms with E-state index in [2.05, 4.69) is 31.3 Å². The van der Waals surface area contributed by atoms with Crippen LogP contribution in [0.25, 0.3) is 0 Å². The average Bonchev–Trinajstić information content (AvgIpc) is 3.26. The van der Waals surface area contributed by atoms with Crippen LogP contribution < -0.4 is 10.6 Å². The summed E-state index contributed by atoms with van der Waals surface area (Å²) in [5.41, 5.74) is 0.835. The smallest absolute Gasteiger partial charge is 0.253 e. The van der Waals surface area contributed by atoms with Crippen molar-refractivity contribution in [2.75, 3.05) is 13.7 Å². The highest BCUT2D eigenvalue weighted by atomic mass is 16.5. The second kappa shape index (κ2) is 10.7. The molecule has 3 N–H and O–H groups in total. The number of amides is 2. The Labute approximate surface area is 170 Å². The van der Waals surface area contributed by atoms with Crippen LogP contribution in [0.5, 0.6) is 0 Å². The lowest BCUT2D eigenvalue weighted by Gasteiger charge is -2.29. The highest BCUT2D eigenvalue weighted by Crippen LogP contribution is 2.25. The van der Waals surface area contributed by atoms with Crippen molar-refractivity contribution in [2.45, 2.75) is 50.7 Å². The molecule has 0 radical (unpaired) electrons. The SMILES string of the molecule is CO[C@@H](C(=O)NC1CCC(C(=O)NCCCc2nn[nH]n2)CC1)c1ccccc1. The Hall–Kier alpha value is -2.81. The highest BCUT2D eigenvalue weighted by molar-refractivity contribution is 5.82. The first-order chi connectivity index (χ1) is 14.2. The van der Waals surface area contributed by atoms with E-state index in [0.29, 0.717) is 18.8 Å². The van der Waals surface area contributed by atoms with Gasteiger partial charge in [0.1, 0.15) is 0 Å². The van der Waals surface area contributed by atoms with E-state index >= 15 is 0 Å². The summed E-state index contributed by atoms with van der Waals surface area (Å²) < 4.78 is 5.39. The molecule has 0 spiro atoms. The number of tetrazole rings is 1. The number of carbonyl (C=O) groups is 2. The van der Waals surface area contributed by atoms with Gasteiger partial charge in [-0.15, -0.1) is 10.2 Å². The third kappa shape index (κ3) is 6.08. The van der Waals surface area contributed by atoms with Gasteiger partial charge in [-0.2, -0.15) is 5.21 Å². The molecule has 2 aromatic rings. The molecule has 0 aliphatic heterocycles. The summed E-state index contributed by atoms with van der Waals surface area (Å²) >= 11 is 0. The van der Waals surface area contributed by atoms with Gasteiger partial charge in [-0.25, -0.2) is 0 Å². The summed E-state index contributed by atoms with van der Waals surface area (Å²) in [6.07, 6.45) is 3.95. The van der Waals surface area contributed by atoms with Gasteiger partial charge in [0.25, 0.3) is 5.91 Å². The molecule has 1 saturated carbocycles. The maximum atomic E-state index is 12.6. The molecule has 0 bridgehead atoms. The number of hydrogen-bond donors (Lipinski definition) is 3. The summed E-state index contributed by atoms with van der Waals surface area (Å²) in [6.45, 7) is 0.594. The Bertz CT molecular complexity index is 760. The zero-order valence-electron chi connectivity index (χ0n) is 16.6. The van der Waals surface area contributed by atoms with Crippen LogP contribution in [0.1, 0.15) is 49.6 Å². The van der Waals surface area contributed by atoms with Crippen molar-refractivity contribution < 1.29 is 14.3 Å². The van der Waals surface area contributed by atoms with E-state index in [4.69, 9.17) is 4.74 Å². The predicted molar refractivity (Wildman–Crippen MR) is 106 cm³/mol. The fraction of sp³-hybridized carbons (Fsp3) is 0.550. The largest absolute Gasteiger partial charge is 0.367 e. The molecular weight excluding hydrogens is 372 g/mol. The van der Waals surface area contributed by atoms with E-state index in [-0.39, 0.29) is 23.8 Å². The number of benzene rings is 1. The molecule has 1 aliphatic carbocycles. The van der Waals surface area contributed by atoms with Gasteiger partial charge in [0, 0.05) is 32.0 Å². The second-order valence-corrected chi connectivity index (χ2v) is 7.31. The van der Waals surface area contributed by atoms with Crippen molar-refractivity contribution in [2.24, 2.45) is 5.92 Å². The minimum absolute atomic E-state index is 0.000623. The van der Waals surface area contributed by atoms with Crippen LogP contribution in [0.15, 0.2) is 30.3 Å². The number of H-pyrrole nitrogens is 1. The third-order valence-corrected chi connectivity index (χ3v) is 5.29. The van der Waals surface area contributed by atoms with Crippen molar-refractivity contribution in [3.8, 4) is 0 Å². The number of methoxy groups -OCH3 is 1. The molecule has 1 aromatic carbocycles. The fourth-order valence-electron chi connectivity index (χ4n) is 3.69. The third-order valence-electron chi connectivity index (χ3n) is 5.29. The van der Waals surface area contributed by atoms with Gasteiger partial charge in [-0.05, 0) is 37.7 Å². The van der Waals surface area contributed by atoms with E-state index < -0.39 is 6.10 Å². The lowest BCUT2D eigenvalue weighted by Crippen LogP contribution is -2.43. The normalized spacial score (nSPS) is 20.0. The first-order valence-corrected chi connectivity index (χ1v) is 10.1. The number of aromatic amines is 1. The van der Waals surface area contributed by atoms with Crippen molar-refractivity contribution in [3.63, 3.8) is 0 Å². The number of nitrogens with one attached hydrogen (secondary N) is 3. The molecule has 9 heteroatoms. The molecule has 1 atom stereocenters. The first kappa shape index (κ1) is 20.9. The Morgan fingerprint density at radius 2 is 1.97 bits per heavy atom. The van der Waals surface area contributed by atoms with Crippen molar-refractivity contribution in [3.05, 3.63) is 41.7 Å². The summed E-state index contributed by atoms with van der Waals surface area (Å²) in [5.74, 6) is 0.607. The number of carbonyl (C=O) groups excluding carboxylic acids is 2. The maximum Gasteiger partial charge on any atom is 0.253 e. The molecule has 0 unspecified atom stereocenters. The lowest BCUT2D eigenvalue weighted by molar-refractivity contribution is -0.132. The number of hydrogen-bond acceptors (Lipinski definition) is 6. The van der Waals surface area contributed by atoms with Crippen molar-refractivity contribution in [1.29, 1.82) is 0 Å². The molecule has 3 rings (SSSR count). The molecular formula is C20H28N6O3. The van der Waals surface area contributed by atoms with Gasteiger partial charge >= 0.3 is 0 Å². The number of aryl methyl sites for hydroxylation is 1. The molecule has 1 aliphatic rings. The zero-order valence-corrected chi connectivity index (χ0v) is 16.6. The quantitative estimate of drug-likeness (QED) is 0.546. The van der Waals surface area contributed by atoms with Gasteiger partial charge in [0.15, 0.2) is 11.9 Å². The minimum Gasteiger partial charge on any atom is -0.367 e. The molecule has 1 fully saturated rings. The van der Waals surface area contributed by atoms with E-state index in [1.54, 1.807) is 0 Å². The molecule has 9 nitrogen and oxygen atoms in total. The fourth-order valence-corrected chi connectivity index (χ4v) is 3.69. The standard InChI is InChI=1S/C20H28N6O3/c1-29-18(14-6-3-2-4-7-14)20(28)22-16-11-9-15(10-12-16)19(27)21-13-5-8-17-23-25-26-24-17/h2-4,6-7,15-16,18H,5,8-13H2,1H3,(H,21,27)(H,22,28)(H,23,24,25,26)/t15?,16?,18-/m1/s1. The molecule has 2 amide bonds. The summed E-state index contributed by atoms with van der Waals surface area (Å²) in [4.78, 5) is 25.0. The maximum absolute atomic E-state index is 12.6. The van der Waals surface area contributed by atoms with Crippen LogP contribution in [0, 0.1) is 5.92 Å². The molecule has 1 aromatic heterocycles. The van der Waals surface area contributed by atoms with Gasteiger partial charge in [0.05, 0.1) is 0 Å². The zero-order chi connectivity index (χ0) is 20.5. The van der Waals surface area contributed by atoms with Crippen LogP contribution in [0.4, 0.5) is 0 Å². The Morgan fingerprint density at radius 3 is 2.62 bits per heavy atom. The highest BCUT2D eigenvalue weighted by Gasteiger charge is 2.29. The summed E-state index contributed by atoms with van der Waals surface area (Å²) in [6, 6.07) is 9.53. The predicted octanol–water partition coefficient (Wildman–Crippen LogP) is 1.31. The summed E-state index contributed by atoms with van der Waals surface area (Å²) in [7, 11) is 1.54. The van der Waals surface area contributed by atoms with Crippen LogP contribution in [0.3, 0.4) is 0 Å². The van der Waals surface area contributed by atoms with Gasteiger partial charge < -0.3 is 15.4 Å². The molecule has 156 valence electrons. The topological polar surface area (TPSA) is 122 Å². The van der Waals surface area contributed by atoms with E-state index in [1.807, 2.05) is 30.3 Å². The monoisotopic (exact) mass is 400 g/mol. The van der Waals surface area contributed by atoms with Crippen LogP contribution in [-0.4, -0.2) is 52.1 Å². The Balaban J connectivity index is 1.37. The average molecular weight is 400 g/mol. The van der Waals surface area contributed by atoms with E-state index in [0.717, 1.165) is 37.7 Å². The minimum atomic E-state index is -0.614. The Morgan fingerprint density at radius 1 is 1.21 bits per heavy atom. The van der Waals surface area contributed by atoms with E-state index in [1.165, 1.54) is 7.11 Å². The lowest BCUT2D eigenvalue weighted by atomic mass is 9.85. The Kier molecular flexibility index (Phi) is 7.69. The van der Waals surface area contributed by atoms with Crippen LogP contribution in [-0.2, 0) is 20.7 Å². The van der Waals surface area contributed by atoms with Gasteiger partial charge in [0.2, 0.25) is 5.91 Å². The molecule has 0 saturated heterocycles. The first-order valence-electron chi connectivity index (χ1n) is 10.1. The molecule has 29 heavy (non-hydrogen) atoms. The summed E-state index contributed by atoms with van der Waals surface area (Å²) in [5, 5.41) is 19.8. The van der Waals surface area contributed by atoms with E-state index in [9.17, 15) is 9.59 Å². The van der Waals surface area contributed by atoms with Crippen LogP contribution in [0.2, 0.25) is 0 Å². The number of nitrogens with zero attached hydrogens (tertiary/aromatic N) is 3. The van der Waals surface area contributed by atoms with Crippen molar-refractivity contribution in [1.82, 2.24) is 31.3 Å².